The van der Waals surface area contributed by atoms with E-state index in [2.05, 4.69) is 57.0 Å². The number of unbranched alkanes of at least 4 members (excludes halogenated alkanes) is 2. The number of hydrogen-bond acceptors (Lipinski definition) is 2. The maximum atomic E-state index is 12.2. The molecule has 0 spiro atoms. The molecule has 1 fully saturated rings. The smallest absolute Gasteiger partial charge is 0.222 e. The first-order valence-electron chi connectivity index (χ1n) is 11.0. The molecular weight excluding hydrogens is 332 g/mol. The van der Waals surface area contributed by atoms with Crippen LogP contribution in [-0.2, 0) is 4.79 Å². The molecule has 1 aromatic rings. The maximum Gasteiger partial charge on any atom is 0.222 e. The Kier molecular flexibility index (Phi) is 11.9. The molecule has 27 heavy (non-hydrogen) atoms. The van der Waals surface area contributed by atoms with Gasteiger partial charge in [0.25, 0.3) is 0 Å². The first-order valence-corrected chi connectivity index (χ1v) is 11.0. The van der Waals surface area contributed by atoms with Crippen molar-refractivity contribution in [1.82, 2.24) is 4.90 Å². The summed E-state index contributed by atoms with van der Waals surface area (Å²) in [6.45, 7) is 14.0. The number of carbonyl (C=O) groups is 1. The monoisotopic (exact) mass is 376 g/mol. The lowest BCUT2D eigenvalue weighted by Crippen LogP contribution is -2.39. The number of carbonyl (C=O) groups excluding carboxylic acids is 1. The standard InChI is InChI=1S/C20H32N2O.C4H10.H2/c1-17(2)18-12-15-22(16-13-18)20(23)11-7-4-8-14-21-19-9-5-3-6-10-19;1-4(2)3;/h3,5-6,9-10,17-18,21H,4,7-8,11-16H2,1-2H3;4H,1-3H3;1H. The molecule has 0 aromatic heterocycles. The lowest BCUT2D eigenvalue weighted by molar-refractivity contribution is -0.132. The Hall–Kier alpha value is -1.51. The van der Waals surface area contributed by atoms with Crippen molar-refractivity contribution in [3.8, 4) is 0 Å². The number of anilines is 1. The molecule has 1 aromatic carbocycles. The van der Waals surface area contributed by atoms with E-state index in [1.165, 1.54) is 18.5 Å². The van der Waals surface area contributed by atoms with Crippen LogP contribution in [0.15, 0.2) is 30.3 Å². The highest BCUT2D eigenvalue weighted by Gasteiger charge is 2.23. The van der Waals surface area contributed by atoms with E-state index in [-0.39, 0.29) is 1.43 Å². The lowest BCUT2D eigenvalue weighted by atomic mass is 9.86. The summed E-state index contributed by atoms with van der Waals surface area (Å²) >= 11 is 0. The SMILES string of the molecule is CC(C)C.CC(C)C1CCN(C(=O)CCCCCNc2ccccc2)CC1.[HH]. The van der Waals surface area contributed by atoms with Crippen LogP contribution >= 0.6 is 0 Å². The van der Waals surface area contributed by atoms with Crippen LogP contribution in [-0.4, -0.2) is 30.4 Å². The molecule has 0 bridgehead atoms. The van der Waals surface area contributed by atoms with Gasteiger partial charge >= 0.3 is 0 Å². The molecule has 1 aliphatic heterocycles. The van der Waals surface area contributed by atoms with Crippen LogP contribution in [0.5, 0.6) is 0 Å². The predicted molar refractivity (Wildman–Crippen MR) is 120 cm³/mol. The van der Waals surface area contributed by atoms with Crippen molar-refractivity contribution in [1.29, 1.82) is 0 Å². The Morgan fingerprint density at radius 3 is 2.19 bits per heavy atom. The highest BCUT2D eigenvalue weighted by molar-refractivity contribution is 5.76. The third-order valence-corrected chi connectivity index (χ3v) is 5.01. The van der Waals surface area contributed by atoms with Crippen LogP contribution < -0.4 is 5.32 Å². The average Bonchev–Trinajstić information content (AvgIpc) is 2.65. The van der Waals surface area contributed by atoms with Crippen LogP contribution in [0.3, 0.4) is 0 Å². The molecule has 3 nitrogen and oxygen atoms in total. The number of nitrogens with zero attached hydrogens (tertiary/aromatic N) is 1. The van der Waals surface area contributed by atoms with E-state index in [0.29, 0.717) is 5.91 Å². The summed E-state index contributed by atoms with van der Waals surface area (Å²) in [7, 11) is 0. The fourth-order valence-electron chi connectivity index (χ4n) is 3.34. The fourth-order valence-corrected chi connectivity index (χ4v) is 3.34. The Morgan fingerprint density at radius 1 is 1.04 bits per heavy atom. The molecule has 0 radical (unpaired) electrons. The van der Waals surface area contributed by atoms with Gasteiger partial charge in [0.1, 0.15) is 0 Å². The van der Waals surface area contributed by atoms with E-state index in [1.807, 2.05) is 18.2 Å². The summed E-state index contributed by atoms with van der Waals surface area (Å²) in [5, 5.41) is 3.42. The third-order valence-electron chi connectivity index (χ3n) is 5.01. The number of likely N-dealkylation sites (tertiary alicyclic amines) is 1. The fraction of sp³-hybridized carbons (Fsp3) is 0.708. The van der Waals surface area contributed by atoms with Crippen LogP contribution in [0.4, 0.5) is 5.69 Å². The van der Waals surface area contributed by atoms with Crippen LogP contribution in [0.2, 0.25) is 0 Å². The molecular formula is C24H44N2O. The molecule has 1 saturated heterocycles. The van der Waals surface area contributed by atoms with Crippen LogP contribution in [0.25, 0.3) is 0 Å². The van der Waals surface area contributed by atoms with Gasteiger partial charge in [-0.3, -0.25) is 4.79 Å². The Balaban J connectivity index is 0.00000133. The molecule has 0 unspecified atom stereocenters. The third kappa shape index (κ3) is 11.0. The average molecular weight is 377 g/mol. The van der Waals surface area contributed by atoms with Gasteiger partial charge in [-0.1, -0.05) is 59.2 Å². The minimum absolute atomic E-state index is 0. The molecule has 1 amide bonds. The highest BCUT2D eigenvalue weighted by Crippen LogP contribution is 2.24. The summed E-state index contributed by atoms with van der Waals surface area (Å²) < 4.78 is 0. The zero-order valence-electron chi connectivity index (χ0n) is 18.3. The summed E-state index contributed by atoms with van der Waals surface area (Å²) in [6.07, 6.45) is 6.34. The minimum atomic E-state index is 0. The quantitative estimate of drug-likeness (QED) is 0.528. The van der Waals surface area contributed by atoms with Crippen molar-refractivity contribution in [3.05, 3.63) is 30.3 Å². The van der Waals surface area contributed by atoms with Crippen molar-refractivity contribution in [2.75, 3.05) is 25.0 Å². The van der Waals surface area contributed by atoms with Gasteiger partial charge in [-0.2, -0.15) is 0 Å². The molecule has 0 saturated carbocycles. The van der Waals surface area contributed by atoms with Gasteiger partial charge in [0, 0.05) is 33.2 Å². The number of para-hydroxylation sites is 1. The molecule has 2 rings (SSSR count). The van der Waals surface area contributed by atoms with Gasteiger partial charge in [-0.15, -0.1) is 0 Å². The van der Waals surface area contributed by atoms with E-state index >= 15 is 0 Å². The first-order chi connectivity index (χ1) is 12.9. The molecule has 1 heterocycles. The lowest BCUT2D eigenvalue weighted by Gasteiger charge is -2.34. The molecule has 156 valence electrons. The predicted octanol–water partition coefficient (Wildman–Crippen LogP) is 6.46. The van der Waals surface area contributed by atoms with Crippen molar-refractivity contribution in [3.63, 3.8) is 0 Å². The van der Waals surface area contributed by atoms with Gasteiger partial charge in [-0.05, 0) is 55.6 Å². The number of rotatable bonds is 8. The normalized spacial score (nSPS) is 14.9. The topological polar surface area (TPSA) is 32.3 Å². The van der Waals surface area contributed by atoms with Gasteiger partial charge in [0.05, 0.1) is 0 Å². The second-order valence-corrected chi connectivity index (χ2v) is 8.80. The van der Waals surface area contributed by atoms with E-state index in [1.54, 1.807) is 0 Å². The number of benzene rings is 1. The Morgan fingerprint density at radius 2 is 1.63 bits per heavy atom. The second-order valence-electron chi connectivity index (χ2n) is 8.80. The van der Waals surface area contributed by atoms with Crippen molar-refractivity contribution in [2.24, 2.45) is 17.8 Å². The number of piperidine rings is 1. The zero-order chi connectivity index (χ0) is 20.1. The summed E-state index contributed by atoms with van der Waals surface area (Å²) in [6, 6.07) is 10.3. The zero-order valence-corrected chi connectivity index (χ0v) is 18.3. The molecule has 0 aliphatic carbocycles. The highest BCUT2D eigenvalue weighted by atomic mass is 16.2. The van der Waals surface area contributed by atoms with Crippen LogP contribution in [0, 0.1) is 17.8 Å². The second kappa shape index (κ2) is 13.6. The number of hydrogen-bond donors (Lipinski definition) is 1. The van der Waals surface area contributed by atoms with E-state index in [4.69, 9.17) is 0 Å². The van der Waals surface area contributed by atoms with Crippen molar-refractivity contribution < 1.29 is 6.22 Å². The van der Waals surface area contributed by atoms with E-state index in [0.717, 1.165) is 63.1 Å². The van der Waals surface area contributed by atoms with E-state index in [9.17, 15) is 4.79 Å². The first kappa shape index (κ1) is 23.5. The van der Waals surface area contributed by atoms with Gasteiger partial charge < -0.3 is 10.2 Å². The van der Waals surface area contributed by atoms with Crippen molar-refractivity contribution in [2.45, 2.75) is 73.1 Å². The Bertz CT molecular complexity index is 494. The summed E-state index contributed by atoms with van der Waals surface area (Å²) in [5.41, 5.74) is 1.18. The molecule has 0 atom stereocenters. The van der Waals surface area contributed by atoms with Crippen molar-refractivity contribution >= 4 is 11.6 Å². The summed E-state index contributed by atoms with van der Waals surface area (Å²) in [5.74, 6) is 2.76. The largest absolute Gasteiger partial charge is 0.385 e. The molecule has 1 aliphatic rings. The number of nitrogens with one attached hydrogen (secondary N) is 1. The molecule has 1 N–H and O–H groups in total. The summed E-state index contributed by atoms with van der Waals surface area (Å²) in [4.78, 5) is 14.3. The van der Waals surface area contributed by atoms with Crippen LogP contribution in [0.1, 0.15) is 74.6 Å². The van der Waals surface area contributed by atoms with E-state index < -0.39 is 0 Å². The minimum Gasteiger partial charge on any atom is -0.385 e. The van der Waals surface area contributed by atoms with Gasteiger partial charge in [-0.25, -0.2) is 0 Å². The number of amides is 1. The van der Waals surface area contributed by atoms with Gasteiger partial charge in [0.15, 0.2) is 0 Å². The Labute approximate surface area is 169 Å². The van der Waals surface area contributed by atoms with Gasteiger partial charge in [0.2, 0.25) is 5.91 Å². The molecule has 3 heteroatoms. The maximum absolute atomic E-state index is 12.2.